The van der Waals surface area contributed by atoms with Gasteiger partial charge in [-0.3, -0.25) is 0 Å². The van der Waals surface area contributed by atoms with Crippen LogP contribution in [0.5, 0.6) is 0 Å². The van der Waals surface area contributed by atoms with Crippen LogP contribution in [0.1, 0.15) is 11.1 Å². The van der Waals surface area contributed by atoms with Crippen LogP contribution in [-0.2, 0) is 16.0 Å². The standard InChI is InChI=1S/C16H11ClFNO2/c17-12-3-1-2-10(8-12)9-14-16(20)21-15(19-14)11-4-6-13(18)7-5-11/h1-8,14H,9H2. The summed E-state index contributed by atoms with van der Waals surface area (Å²) in [4.78, 5) is 16.1. The Hall–Kier alpha value is -2.20. The molecule has 3 rings (SSSR count). The molecule has 0 bridgehead atoms. The summed E-state index contributed by atoms with van der Waals surface area (Å²) in [5, 5.41) is 0.613. The van der Waals surface area contributed by atoms with Crippen LogP contribution >= 0.6 is 11.6 Å². The number of aliphatic imine (C=N–C) groups is 1. The van der Waals surface area contributed by atoms with E-state index >= 15 is 0 Å². The number of cyclic esters (lactones) is 1. The van der Waals surface area contributed by atoms with Gasteiger partial charge in [0.05, 0.1) is 0 Å². The molecule has 1 heterocycles. The van der Waals surface area contributed by atoms with Crippen molar-refractivity contribution in [3.8, 4) is 0 Å². The second kappa shape index (κ2) is 5.66. The number of halogens is 2. The van der Waals surface area contributed by atoms with E-state index in [1.54, 1.807) is 12.1 Å². The van der Waals surface area contributed by atoms with Crippen LogP contribution in [0.25, 0.3) is 0 Å². The molecule has 106 valence electrons. The van der Waals surface area contributed by atoms with Gasteiger partial charge >= 0.3 is 5.97 Å². The minimum Gasteiger partial charge on any atom is -0.406 e. The Labute approximate surface area is 126 Å². The van der Waals surface area contributed by atoms with Gasteiger partial charge in [-0.25, -0.2) is 14.2 Å². The molecule has 1 aliphatic heterocycles. The first-order valence-electron chi connectivity index (χ1n) is 6.42. The quantitative estimate of drug-likeness (QED) is 0.815. The lowest BCUT2D eigenvalue weighted by Crippen LogP contribution is -2.17. The van der Waals surface area contributed by atoms with E-state index in [0.717, 1.165) is 5.56 Å². The summed E-state index contributed by atoms with van der Waals surface area (Å²) in [6.07, 6.45) is 0.421. The molecule has 0 saturated heterocycles. The van der Waals surface area contributed by atoms with Crippen molar-refractivity contribution in [1.82, 2.24) is 0 Å². The number of ether oxygens (including phenoxy) is 1. The van der Waals surface area contributed by atoms with Crippen LogP contribution in [0.15, 0.2) is 53.5 Å². The summed E-state index contributed by atoms with van der Waals surface area (Å²) >= 11 is 5.92. The Morgan fingerprint density at radius 2 is 1.95 bits per heavy atom. The summed E-state index contributed by atoms with van der Waals surface area (Å²) in [7, 11) is 0. The lowest BCUT2D eigenvalue weighted by atomic mass is 10.1. The maximum absolute atomic E-state index is 12.9. The Kier molecular flexibility index (Phi) is 3.71. The lowest BCUT2D eigenvalue weighted by Gasteiger charge is -2.03. The van der Waals surface area contributed by atoms with Crippen molar-refractivity contribution in [2.24, 2.45) is 4.99 Å². The summed E-state index contributed by atoms with van der Waals surface area (Å²) in [5.41, 5.74) is 1.49. The third-order valence-corrected chi connectivity index (χ3v) is 3.39. The van der Waals surface area contributed by atoms with E-state index in [9.17, 15) is 9.18 Å². The number of nitrogens with zero attached hydrogens (tertiary/aromatic N) is 1. The van der Waals surface area contributed by atoms with Gasteiger partial charge in [-0.2, -0.15) is 0 Å². The predicted octanol–water partition coefficient (Wildman–Crippen LogP) is 3.39. The third-order valence-electron chi connectivity index (χ3n) is 3.15. The van der Waals surface area contributed by atoms with Crippen molar-refractivity contribution in [2.75, 3.05) is 0 Å². The number of carbonyl (C=O) groups excluding carboxylic acids is 1. The van der Waals surface area contributed by atoms with Crippen LogP contribution < -0.4 is 0 Å². The van der Waals surface area contributed by atoms with Gasteiger partial charge in [-0.1, -0.05) is 23.7 Å². The molecule has 2 aromatic rings. The summed E-state index contributed by atoms with van der Waals surface area (Å²) in [6, 6.07) is 12.3. The first-order chi connectivity index (χ1) is 10.1. The molecule has 3 nitrogen and oxygen atoms in total. The SMILES string of the molecule is O=C1OC(c2ccc(F)cc2)=NC1Cc1cccc(Cl)c1. The second-order valence-electron chi connectivity index (χ2n) is 4.71. The Balaban J connectivity index is 1.80. The zero-order chi connectivity index (χ0) is 14.8. The Morgan fingerprint density at radius 1 is 1.19 bits per heavy atom. The molecule has 0 fully saturated rings. The van der Waals surface area contributed by atoms with Crippen LogP contribution in [0.2, 0.25) is 5.02 Å². The molecule has 2 aromatic carbocycles. The molecule has 5 heteroatoms. The number of carbonyl (C=O) groups is 1. The van der Waals surface area contributed by atoms with Crippen LogP contribution in [0, 0.1) is 5.82 Å². The van der Waals surface area contributed by atoms with Crippen LogP contribution in [0.3, 0.4) is 0 Å². The first kappa shape index (κ1) is 13.8. The molecule has 0 saturated carbocycles. The molecule has 0 aromatic heterocycles. The number of esters is 1. The van der Waals surface area contributed by atoms with Gasteiger partial charge in [0.25, 0.3) is 0 Å². The lowest BCUT2D eigenvalue weighted by molar-refractivity contribution is -0.134. The Morgan fingerprint density at radius 3 is 2.67 bits per heavy atom. The fourth-order valence-electron chi connectivity index (χ4n) is 2.13. The fourth-order valence-corrected chi connectivity index (χ4v) is 2.34. The maximum Gasteiger partial charge on any atom is 0.338 e. The minimum atomic E-state index is -0.594. The van der Waals surface area contributed by atoms with Crippen molar-refractivity contribution >= 4 is 23.5 Å². The third kappa shape index (κ3) is 3.11. The van der Waals surface area contributed by atoms with Gasteiger partial charge in [0.1, 0.15) is 5.82 Å². The number of hydrogen-bond acceptors (Lipinski definition) is 3. The number of rotatable bonds is 3. The molecular weight excluding hydrogens is 293 g/mol. The van der Waals surface area contributed by atoms with Gasteiger partial charge in [0.15, 0.2) is 6.04 Å². The van der Waals surface area contributed by atoms with E-state index in [1.807, 2.05) is 12.1 Å². The van der Waals surface area contributed by atoms with Gasteiger partial charge in [-0.05, 0) is 42.0 Å². The van der Waals surface area contributed by atoms with Crippen molar-refractivity contribution in [3.05, 3.63) is 70.5 Å². The molecule has 0 N–H and O–H groups in total. The Bertz CT molecular complexity index is 712. The largest absolute Gasteiger partial charge is 0.406 e. The molecule has 0 amide bonds. The molecule has 1 aliphatic rings. The number of benzene rings is 2. The molecule has 0 radical (unpaired) electrons. The van der Waals surface area contributed by atoms with Gasteiger partial charge in [0, 0.05) is 17.0 Å². The van der Waals surface area contributed by atoms with Crippen molar-refractivity contribution in [2.45, 2.75) is 12.5 Å². The normalized spacial score (nSPS) is 17.5. The zero-order valence-electron chi connectivity index (χ0n) is 10.9. The van der Waals surface area contributed by atoms with E-state index in [0.29, 0.717) is 17.0 Å². The maximum atomic E-state index is 12.9. The topological polar surface area (TPSA) is 38.7 Å². The molecule has 0 aliphatic carbocycles. The van der Waals surface area contributed by atoms with E-state index in [4.69, 9.17) is 16.3 Å². The second-order valence-corrected chi connectivity index (χ2v) is 5.15. The van der Waals surface area contributed by atoms with E-state index in [-0.39, 0.29) is 11.7 Å². The van der Waals surface area contributed by atoms with Gasteiger partial charge in [0.2, 0.25) is 5.90 Å². The number of hydrogen-bond donors (Lipinski definition) is 0. The average Bonchev–Trinajstić information content (AvgIpc) is 2.81. The summed E-state index contributed by atoms with van der Waals surface area (Å²) < 4.78 is 18.1. The fraction of sp³-hybridized carbons (Fsp3) is 0.125. The van der Waals surface area contributed by atoms with Crippen LogP contribution in [-0.4, -0.2) is 17.9 Å². The van der Waals surface area contributed by atoms with E-state index in [2.05, 4.69) is 4.99 Å². The summed E-state index contributed by atoms with van der Waals surface area (Å²) in [6.45, 7) is 0. The highest BCUT2D eigenvalue weighted by Gasteiger charge is 2.29. The average molecular weight is 304 g/mol. The monoisotopic (exact) mass is 303 g/mol. The van der Waals surface area contributed by atoms with Gasteiger partial charge < -0.3 is 4.74 Å². The highest BCUT2D eigenvalue weighted by molar-refractivity contribution is 6.30. The van der Waals surface area contributed by atoms with E-state index < -0.39 is 12.0 Å². The zero-order valence-corrected chi connectivity index (χ0v) is 11.7. The first-order valence-corrected chi connectivity index (χ1v) is 6.79. The van der Waals surface area contributed by atoms with Crippen molar-refractivity contribution in [3.63, 3.8) is 0 Å². The van der Waals surface area contributed by atoms with Crippen molar-refractivity contribution in [1.29, 1.82) is 0 Å². The van der Waals surface area contributed by atoms with Crippen LogP contribution in [0.4, 0.5) is 4.39 Å². The molecule has 21 heavy (non-hydrogen) atoms. The van der Waals surface area contributed by atoms with Crippen molar-refractivity contribution < 1.29 is 13.9 Å². The highest BCUT2D eigenvalue weighted by atomic mass is 35.5. The molecule has 1 unspecified atom stereocenters. The highest BCUT2D eigenvalue weighted by Crippen LogP contribution is 2.19. The molecule has 1 atom stereocenters. The predicted molar refractivity (Wildman–Crippen MR) is 78.0 cm³/mol. The molecule has 0 spiro atoms. The minimum absolute atomic E-state index is 0.229. The molecular formula is C16H11ClFNO2. The summed E-state index contributed by atoms with van der Waals surface area (Å²) in [5.74, 6) is -0.527. The van der Waals surface area contributed by atoms with Gasteiger partial charge in [-0.15, -0.1) is 0 Å². The van der Waals surface area contributed by atoms with E-state index in [1.165, 1.54) is 24.3 Å². The smallest absolute Gasteiger partial charge is 0.338 e.